The number of carboxylic acids is 2. The van der Waals surface area contributed by atoms with E-state index < -0.39 is 34.7 Å². The van der Waals surface area contributed by atoms with Gasteiger partial charge in [0.1, 0.15) is 0 Å². The lowest BCUT2D eigenvalue weighted by atomic mass is 9.95. The van der Waals surface area contributed by atoms with E-state index in [4.69, 9.17) is 32.0 Å². The summed E-state index contributed by atoms with van der Waals surface area (Å²) in [4.78, 5) is 54.3. The van der Waals surface area contributed by atoms with E-state index in [9.17, 15) is 39.6 Å². The summed E-state index contributed by atoms with van der Waals surface area (Å²) in [6.45, 7) is 6.16. The largest absolute Gasteiger partial charge is 0.481 e. The van der Waals surface area contributed by atoms with Gasteiger partial charge >= 0.3 is 11.9 Å². The van der Waals surface area contributed by atoms with Crippen LogP contribution in [0.1, 0.15) is 82.4 Å². The van der Waals surface area contributed by atoms with Crippen molar-refractivity contribution in [2.24, 2.45) is 0 Å². The molecule has 6 N–H and O–H groups in total. The summed E-state index contributed by atoms with van der Waals surface area (Å²) in [7, 11) is 0. The van der Waals surface area contributed by atoms with Crippen LogP contribution in [0.4, 0.5) is 0 Å². The Morgan fingerprint density at radius 1 is 0.640 bits per heavy atom. The topological polar surface area (TPSA) is 207 Å². The molecule has 0 aliphatic carbocycles. The number of carboxylic acid groups (broad SMARTS) is 2. The molecule has 0 spiro atoms. The van der Waals surface area contributed by atoms with Crippen LogP contribution >= 0.6 is 23.2 Å². The minimum absolute atomic E-state index is 0.0307. The molecule has 0 radical (unpaired) electrons. The standard InChI is InChI=1S/2C18H16ClNO5/c2*1-18(2,24)12-5-6-25-17(12)16(23)15-11(8-14(21)22)10-4-3-9(19)7-13(10)20-15/h2*3-7,20,24H,8H2,1-2H3,(H,21,22). The van der Waals surface area contributed by atoms with Crippen LogP contribution in [0.25, 0.3) is 21.8 Å². The van der Waals surface area contributed by atoms with Crippen LogP contribution in [-0.4, -0.2) is 53.9 Å². The molecule has 2 aromatic carbocycles. The van der Waals surface area contributed by atoms with Crippen molar-refractivity contribution in [3.05, 3.63) is 116 Å². The molecule has 0 unspecified atom stereocenters. The minimum Gasteiger partial charge on any atom is -0.481 e. The van der Waals surface area contributed by atoms with E-state index >= 15 is 0 Å². The highest BCUT2D eigenvalue weighted by Gasteiger charge is 2.32. The lowest BCUT2D eigenvalue weighted by Gasteiger charge is -2.16. The molecule has 0 saturated heterocycles. The number of aliphatic carboxylic acids is 2. The molecule has 0 atom stereocenters. The number of ketones is 2. The molecule has 0 saturated carbocycles. The fourth-order valence-corrected chi connectivity index (χ4v) is 6.02. The lowest BCUT2D eigenvalue weighted by molar-refractivity contribution is -0.137. The van der Waals surface area contributed by atoms with Gasteiger partial charge in [-0.3, -0.25) is 19.2 Å². The highest BCUT2D eigenvalue weighted by Crippen LogP contribution is 2.33. The van der Waals surface area contributed by atoms with Crippen LogP contribution in [0.15, 0.2) is 69.9 Å². The van der Waals surface area contributed by atoms with Crippen molar-refractivity contribution in [1.82, 2.24) is 9.97 Å². The van der Waals surface area contributed by atoms with Gasteiger partial charge in [-0.25, -0.2) is 0 Å². The third-order valence-corrected chi connectivity index (χ3v) is 8.38. The van der Waals surface area contributed by atoms with Crippen LogP contribution in [0.5, 0.6) is 0 Å². The summed E-state index contributed by atoms with van der Waals surface area (Å²) in [6, 6.07) is 12.9. The van der Waals surface area contributed by atoms with Crippen molar-refractivity contribution in [2.75, 3.05) is 0 Å². The summed E-state index contributed by atoms with van der Waals surface area (Å²) in [5, 5.41) is 41.0. The number of benzene rings is 2. The molecule has 6 aromatic rings. The van der Waals surface area contributed by atoms with Crippen molar-refractivity contribution in [3.63, 3.8) is 0 Å². The lowest BCUT2D eigenvalue weighted by Crippen LogP contribution is -2.19. The van der Waals surface area contributed by atoms with E-state index in [-0.39, 0.29) is 35.7 Å². The maximum absolute atomic E-state index is 13.0. The SMILES string of the molecule is CC(C)(O)c1ccoc1C(=O)c1[nH]c2cc(Cl)ccc2c1CC(=O)O.CC(C)(O)c1ccoc1C(=O)c1[nH]c2cc(Cl)ccc2c1CC(=O)O. The Morgan fingerprint density at radius 3 is 1.32 bits per heavy atom. The van der Waals surface area contributed by atoms with Crippen LogP contribution in [0.3, 0.4) is 0 Å². The number of halogens is 2. The zero-order valence-electron chi connectivity index (χ0n) is 27.2. The first-order valence-corrected chi connectivity index (χ1v) is 15.9. The molecule has 0 bridgehead atoms. The number of aromatic amines is 2. The monoisotopic (exact) mass is 722 g/mol. The smallest absolute Gasteiger partial charge is 0.307 e. The maximum atomic E-state index is 13.0. The fraction of sp³-hybridized carbons (Fsp3) is 0.222. The molecule has 0 amide bonds. The Hall–Kier alpha value is -5.14. The van der Waals surface area contributed by atoms with Gasteiger partial charge in [0.15, 0.2) is 11.5 Å². The summed E-state index contributed by atoms with van der Waals surface area (Å²) in [6.07, 6.45) is 1.97. The summed E-state index contributed by atoms with van der Waals surface area (Å²) in [5.74, 6) is -3.23. The molecule has 0 aliphatic heterocycles. The van der Waals surface area contributed by atoms with E-state index in [2.05, 4.69) is 9.97 Å². The minimum atomic E-state index is -1.28. The normalized spacial score (nSPS) is 11.8. The van der Waals surface area contributed by atoms with E-state index in [0.29, 0.717) is 54.1 Å². The van der Waals surface area contributed by atoms with Gasteiger partial charge in [-0.05, 0) is 64.1 Å². The fourth-order valence-electron chi connectivity index (χ4n) is 5.67. The van der Waals surface area contributed by atoms with Crippen LogP contribution in [0, 0.1) is 0 Å². The van der Waals surface area contributed by atoms with Gasteiger partial charge in [-0.2, -0.15) is 0 Å². The Bertz CT molecular complexity index is 2110. The van der Waals surface area contributed by atoms with Crippen LogP contribution < -0.4 is 0 Å². The number of hydrogen-bond donors (Lipinski definition) is 6. The van der Waals surface area contributed by atoms with Crippen LogP contribution in [-0.2, 0) is 33.6 Å². The van der Waals surface area contributed by atoms with Gasteiger partial charge < -0.3 is 39.2 Å². The van der Waals surface area contributed by atoms with Crippen molar-refractivity contribution >= 4 is 68.5 Å². The van der Waals surface area contributed by atoms with Gasteiger partial charge in [0, 0.05) is 54.1 Å². The van der Waals surface area contributed by atoms with E-state index in [0.717, 1.165) is 0 Å². The molecule has 4 heterocycles. The van der Waals surface area contributed by atoms with Gasteiger partial charge in [-0.15, -0.1) is 0 Å². The van der Waals surface area contributed by atoms with Crippen molar-refractivity contribution in [2.45, 2.75) is 51.7 Å². The van der Waals surface area contributed by atoms with Crippen molar-refractivity contribution in [3.8, 4) is 0 Å². The number of aliphatic hydroxyl groups is 2. The second kappa shape index (κ2) is 13.6. The molecule has 0 aliphatic rings. The predicted octanol–water partition coefficient (Wildman–Crippen LogP) is 7.00. The van der Waals surface area contributed by atoms with Gasteiger partial charge in [0.25, 0.3) is 0 Å². The zero-order valence-corrected chi connectivity index (χ0v) is 28.7. The quantitative estimate of drug-likeness (QED) is 0.0798. The number of H-pyrrole nitrogens is 2. The molecule has 14 heteroatoms. The van der Waals surface area contributed by atoms with Gasteiger partial charge in [0.05, 0.1) is 48.0 Å². The van der Waals surface area contributed by atoms with Crippen molar-refractivity contribution in [1.29, 1.82) is 0 Å². The van der Waals surface area contributed by atoms with E-state index in [1.165, 1.54) is 52.4 Å². The number of furan rings is 2. The third kappa shape index (κ3) is 7.38. The highest BCUT2D eigenvalue weighted by molar-refractivity contribution is 6.31. The third-order valence-electron chi connectivity index (χ3n) is 7.91. The maximum Gasteiger partial charge on any atom is 0.307 e. The molecular formula is C36H32Cl2N2O10. The molecule has 4 aromatic heterocycles. The average Bonchev–Trinajstić information content (AvgIpc) is 3.81. The summed E-state index contributed by atoms with van der Waals surface area (Å²) in [5.41, 5.74) is 0.142. The number of fused-ring (bicyclic) bond motifs is 2. The number of rotatable bonds is 10. The first-order valence-electron chi connectivity index (χ1n) is 15.1. The number of hydrogen-bond acceptors (Lipinski definition) is 8. The number of nitrogens with one attached hydrogen (secondary N) is 2. The number of aromatic nitrogens is 2. The number of carbonyl (C=O) groups is 4. The molecule has 12 nitrogen and oxygen atoms in total. The predicted molar refractivity (Wildman–Crippen MR) is 184 cm³/mol. The number of carbonyl (C=O) groups excluding carboxylic acids is 2. The molecule has 0 fully saturated rings. The first kappa shape index (κ1) is 36.1. The first-order chi connectivity index (χ1) is 23.4. The van der Waals surface area contributed by atoms with Gasteiger partial charge in [-0.1, -0.05) is 35.3 Å². The van der Waals surface area contributed by atoms with E-state index in [1.807, 2.05) is 0 Å². The highest BCUT2D eigenvalue weighted by atomic mass is 35.5. The summed E-state index contributed by atoms with van der Waals surface area (Å²) < 4.78 is 10.6. The second-order valence-corrected chi connectivity index (χ2v) is 13.5. The Morgan fingerprint density at radius 2 is 1.00 bits per heavy atom. The average molecular weight is 724 g/mol. The van der Waals surface area contributed by atoms with E-state index in [1.54, 1.807) is 36.4 Å². The van der Waals surface area contributed by atoms with Crippen molar-refractivity contribution < 1.29 is 48.4 Å². The van der Waals surface area contributed by atoms with Gasteiger partial charge in [0.2, 0.25) is 11.6 Å². The Kier molecular flexibility index (Phi) is 9.86. The molecular weight excluding hydrogens is 691 g/mol. The Balaban J connectivity index is 0.000000194. The second-order valence-electron chi connectivity index (χ2n) is 12.6. The zero-order chi connectivity index (χ0) is 36.7. The molecule has 6 rings (SSSR count). The molecule has 260 valence electrons. The summed E-state index contributed by atoms with van der Waals surface area (Å²) >= 11 is 12.0. The van der Waals surface area contributed by atoms with Crippen LogP contribution in [0.2, 0.25) is 10.0 Å². The Labute approximate surface area is 294 Å². The molecule has 50 heavy (non-hydrogen) atoms.